The minimum absolute atomic E-state index is 0.0248. The summed E-state index contributed by atoms with van der Waals surface area (Å²) in [6, 6.07) is 14.3. The lowest BCUT2D eigenvalue weighted by atomic mass is 10.1. The first kappa shape index (κ1) is 34.8. The average Bonchev–Trinajstić information content (AvgIpc) is 2.99. The fourth-order valence-corrected chi connectivity index (χ4v) is 6.29. The summed E-state index contributed by atoms with van der Waals surface area (Å²) < 4.78 is 45.6. The Morgan fingerprint density at radius 2 is 1.43 bits per heavy atom. The Bertz CT molecular complexity index is 1570. The molecule has 0 saturated carbocycles. The average molecular weight is 667 g/mol. The number of sulfonamides is 1. The van der Waals surface area contributed by atoms with E-state index in [1.165, 1.54) is 56.6 Å². The Morgan fingerprint density at radius 3 is 2.00 bits per heavy atom. The van der Waals surface area contributed by atoms with Gasteiger partial charge in [-0.15, -0.1) is 0 Å². The number of benzene rings is 3. The molecule has 0 aromatic heterocycles. The molecular weight excluding hydrogens is 629 g/mol. The van der Waals surface area contributed by atoms with E-state index in [0.29, 0.717) is 16.3 Å². The van der Waals surface area contributed by atoms with Crippen LogP contribution >= 0.6 is 23.2 Å². The van der Waals surface area contributed by atoms with E-state index < -0.39 is 28.5 Å². The predicted octanol–water partition coefficient (Wildman–Crippen LogP) is 5.55. The van der Waals surface area contributed by atoms with Crippen molar-refractivity contribution < 1.29 is 32.2 Å². The highest BCUT2D eigenvalue weighted by molar-refractivity contribution is 7.92. The van der Waals surface area contributed by atoms with E-state index in [0.717, 1.165) is 4.31 Å². The Balaban J connectivity index is 2.17. The van der Waals surface area contributed by atoms with Gasteiger partial charge in [0.05, 0.1) is 31.9 Å². The van der Waals surface area contributed by atoms with Gasteiger partial charge < -0.3 is 24.4 Å². The van der Waals surface area contributed by atoms with Crippen molar-refractivity contribution in [3.8, 4) is 17.2 Å². The second-order valence-electron chi connectivity index (χ2n) is 10.1. The summed E-state index contributed by atoms with van der Waals surface area (Å²) in [4.78, 5) is 28.8. The minimum Gasteiger partial charge on any atom is -0.495 e. The molecule has 0 aliphatic carbocycles. The molecule has 3 aromatic rings. The Labute approximate surface area is 268 Å². The van der Waals surface area contributed by atoms with Crippen LogP contribution in [-0.2, 0) is 26.2 Å². The molecule has 3 rings (SSSR count). The first-order valence-corrected chi connectivity index (χ1v) is 16.0. The van der Waals surface area contributed by atoms with Crippen molar-refractivity contribution in [3.05, 3.63) is 76.3 Å². The number of hydrogen-bond donors (Lipinski definition) is 1. The molecule has 10 nitrogen and oxygen atoms in total. The van der Waals surface area contributed by atoms with Crippen molar-refractivity contribution in [2.45, 2.75) is 50.7 Å². The van der Waals surface area contributed by atoms with Gasteiger partial charge in [0.15, 0.2) is 11.5 Å². The van der Waals surface area contributed by atoms with E-state index >= 15 is 0 Å². The summed E-state index contributed by atoms with van der Waals surface area (Å²) in [6.45, 7) is 4.77. The van der Waals surface area contributed by atoms with Gasteiger partial charge in [-0.3, -0.25) is 13.9 Å². The largest absolute Gasteiger partial charge is 0.495 e. The minimum atomic E-state index is -4.45. The molecule has 1 atom stereocenters. The summed E-state index contributed by atoms with van der Waals surface area (Å²) in [6.07, 6.45) is 0.279. The number of nitrogens with zero attached hydrogens (tertiary/aromatic N) is 2. The van der Waals surface area contributed by atoms with Crippen molar-refractivity contribution >= 4 is 50.7 Å². The lowest BCUT2D eigenvalue weighted by molar-refractivity contribution is -0.140. The van der Waals surface area contributed by atoms with Crippen molar-refractivity contribution in [1.29, 1.82) is 0 Å². The zero-order valence-electron chi connectivity index (χ0n) is 25.5. The summed E-state index contributed by atoms with van der Waals surface area (Å²) in [7, 11) is -0.246. The lowest BCUT2D eigenvalue weighted by Gasteiger charge is -2.34. The molecule has 3 aromatic carbocycles. The molecule has 238 valence electrons. The van der Waals surface area contributed by atoms with Crippen LogP contribution in [0.4, 0.5) is 5.69 Å². The predicted molar refractivity (Wildman–Crippen MR) is 171 cm³/mol. The maximum absolute atomic E-state index is 14.3. The van der Waals surface area contributed by atoms with Crippen LogP contribution in [0, 0.1) is 0 Å². The number of amides is 2. The fraction of sp³-hybridized carbons (Fsp3) is 0.355. The van der Waals surface area contributed by atoms with Gasteiger partial charge in [-0.1, -0.05) is 42.3 Å². The van der Waals surface area contributed by atoms with Gasteiger partial charge in [0.2, 0.25) is 11.8 Å². The van der Waals surface area contributed by atoms with Gasteiger partial charge in [-0.05, 0) is 68.3 Å². The summed E-state index contributed by atoms with van der Waals surface area (Å²) in [5.41, 5.74) is 0.738. The summed E-state index contributed by atoms with van der Waals surface area (Å²) in [5, 5.41) is 3.60. The van der Waals surface area contributed by atoms with Crippen LogP contribution in [0.5, 0.6) is 17.2 Å². The van der Waals surface area contributed by atoms with Gasteiger partial charge in [-0.25, -0.2) is 8.42 Å². The maximum atomic E-state index is 14.3. The number of halogens is 2. The molecule has 0 aliphatic heterocycles. The van der Waals surface area contributed by atoms with E-state index in [2.05, 4.69) is 5.32 Å². The number of hydrogen-bond acceptors (Lipinski definition) is 7. The summed E-state index contributed by atoms with van der Waals surface area (Å²) in [5.74, 6) is -0.319. The third-order valence-electron chi connectivity index (χ3n) is 6.71. The number of rotatable bonds is 14. The van der Waals surface area contributed by atoms with E-state index in [4.69, 9.17) is 37.4 Å². The SMILES string of the molecule is CCC(C(=O)NC(C)C)N(Cc1ccc(Cl)cc1)C(=O)CN(c1cc(Cl)ccc1OC)S(=O)(=O)c1ccc(OC)c(OC)c1. The quantitative estimate of drug-likeness (QED) is 0.240. The molecule has 0 heterocycles. The van der Waals surface area contributed by atoms with Crippen LogP contribution in [0.15, 0.2) is 65.6 Å². The molecule has 1 N–H and O–H groups in total. The van der Waals surface area contributed by atoms with E-state index in [1.807, 2.05) is 13.8 Å². The van der Waals surface area contributed by atoms with Crippen molar-refractivity contribution in [3.63, 3.8) is 0 Å². The lowest BCUT2D eigenvalue weighted by Crippen LogP contribution is -2.53. The zero-order chi connectivity index (χ0) is 32.6. The molecule has 13 heteroatoms. The smallest absolute Gasteiger partial charge is 0.265 e. The molecule has 0 bridgehead atoms. The number of anilines is 1. The standard InChI is InChI=1S/C31H37Cl2N3O7S/c1-7-25(31(38)34-20(2)3)35(18-21-8-10-22(32)11-9-21)30(37)19-36(26-16-23(33)12-14-27(26)41-4)44(39,40)24-13-15-28(42-5)29(17-24)43-6/h8-17,20,25H,7,18-19H2,1-6H3,(H,34,38). The molecule has 0 radical (unpaired) electrons. The number of nitrogens with one attached hydrogen (secondary N) is 1. The zero-order valence-corrected chi connectivity index (χ0v) is 27.8. The van der Waals surface area contributed by atoms with Gasteiger partial charge in [0.25, 0.3) is 10.0 Å². The molecule has 0 saturated heterocycles. The normalized spacial score (nSPS) is 11.9. The van der Waals surface area contributed by atoms with Crippen LogP contribution in [-0.4, -0.2) is 65.1 Å². The fourth-order valence-electron chi connectivity index (χ4n) is 4.56. The number of carbonyl (C=O) groups excluding carboxylic acids is 2. The molecule has 0 spiro atoms. The van der Waals surface area contributed by atoms with E-state index in [9.17, 15) is 18.0 Å². The van der Waals surface area contributed by atoms with Gasteiger partial charge >= 0.3 is 0 Å². The maximum Gasteiger partial charge on any atom is 0.265 e. The Hall–Kier alpha value is -3.67. The third kappa shape index (κ3) is 8.28. The van der Waals surface area contributed by atoms with E-state index in [1.54, 1.807) is 37.3 Å². The first-order chi connectivity index (χ1) is 20.9. The Morgan fingerprint density at radius 1 is 0.841 bits per heavy atom. The second-order valence-corrected chi connectivity index (χ2v) is 12.8. The highest BCUT2D eigenvalue weighted by Gasteiger charge is 2.35. The van der Waals surface area contributed by atoms with Crippen molar-refractivity contribution in [1.82, 2.24) is 10.2 Å². The van der Waals surface area contributed by atoms with Crippen LogP contribution in [0.3, 0.4) is 0 Å². The third-order valence-corrected chi connectivity index (χ3v) is 8.96. The van der Waals surface area contributed by atoms with Crippen LogP contribution < -0.4 is 23.8 Å². The summed E-state index contributed by atoms with van der Waals surface area (Å²) >= 11 is 12.4. The Kier molecular flexibility index (Phi) is 12.2. The highest BCUT2D eigenvalue weighted by atomic mass is 35.5. The molecule has 1 unspecified atom stereocenters. The first-order valence-electron chi connectivity index (χ1n) is 13.8. The molecule has 44 heavy (non-hydrogen) atoms. The van der Waals surface area contributed by atoms with Gasteiger partial charge in [0, 0.05) is 28.7 Å². The highest BCUT2D eigenvalue weighted by Crippen LogP contribution is 2.37. The number of methoxy groups -OCH3 is 3. The molecular formula is C31H37Cl2N3O7S. The van der Waals surface area contributed by atoms with Crippen LogP contribution in [0.2, 0.25) is 10.0 Å². The topological polar surface area (TPSA) is 114 Å². The second kappa shape index (κ2) is 15.4. The van der Waals surface area contributed by atoms with Crippen LogP contribution in [0.25, 0.3) is 0 Å². The molecule has 0 fully saturated rings. The molecule has 2 amide bonds. The van der Waals surface area contributed by atoms with Crippen molar-refractivity contribution in [2.75, 3.05) is 32.2 Å². The number of ether oxygens (including phenoxy) is 3. The van der Waals surface area contributed by atoms with Crippen molar-refractivity contribution in [2.24, 2.45) is 0 Å². The van der Waals surface area contributed by atoms with E-state index in [-0.39, 0.29) is 52.0 Å². The van der Waals surface area contributed by atoms with Gasteiger partial charge in [-0.2, -0.15) is 0 Å². The monoisotopic (exact) mass is 665 g/mol. The number of carbonyl (C=O) groups is 2. The van der Waals surface area contributed by atoms with Gasteiger partial charge in [0.1, 0.15) is 18.3 Å². The molecule has 0 aliphatic rings. The van der Waals surface area contributed by atoms with Crippen LogP contribution in [0.1, 0.15) is 32.8 Å².